The normalized spacial score (nSPS) is 16.0. The van der Waals surface area contributed by atoms with Crippen LogP contribution in [0.25, 0.3) is 6.08 Å². The molecule has 2 aromatic rings. The molecule has 118 valence electrons. The minimum atomic E-state index is -0.451. The molecule has 0 aromatic heterocycles. The fourth-order valence-electron chi connectivity index (χ4n) is 2.59. The number of nitrogens with zero attached hydrogens (tertiary/aromatic N) is 1. The Bertz CT molecular complexity index is 750. The van der Waals surface area contributed by atoms with Crippen molar-refractivity contribution in [3.63, 3.8) is 0 Å². The Hall–Kier alpha value is -2.62. The van der Waals surface area contributed by atoms with Gasteiger partial charge in [-0.1, -0.05) is 24.3 Å². The number of carbonyl (C=O) groups excluding carboxylic acids is 1. The van der Waals surface area contributed by atoms with Crippen LogP contribution in [0.3, 0.4) is 0 Å². The van der Waals surface area contributed by atoms with Crippen LogP contribution in [0.1, 0.15) is 19.4 Å². The van der Waals surface area contributed by atoms with E-state index in [1.807, 2.05) is 38.1 Å². The van der Waals surface area contributed by atoms with Crippen molar-refractivity contribution in [1.82, 2.24) is 0 Å². The number of carbonyl (C=O) groups is 1. The first-order chi connectivity index (χ1) is 10.9. The second-order valence-corrected chi connectivity index (χ2v) is 6.14. The summed E-state index contributed by atoms with van der Waals surface area (Å²) in [4.78, 5) is 14.3. The van der Waals surface area contributed by atoms with E-state index >= 15 is 0 Å². The number of benzene rings is 2. The Labute approximate surface area is 135 Å². The van der Waals surface area contributed by atoms with Crippen LogP contribution in [0, 0.1) is 5.82 Å². The van der Waals surface area contributed by atoms with Crippen LogP contribution in [0.15, 0.2) is 54.6 Å². The Morgan fingerprint density at radius 1 is 1.17 bits per heavy atom. The number of amides is 1. The monoisotopic (exact) mass is 311 g/mol. The van der Waals surface area contributed by atoms with Crippen LogP contribution in [0.5, 0.6) is 5.75 Å². The zero-order valence-electron chi connectivity index (χ0n) is 13.1. The lowest BCUT2D eigenvalue weighted by molar-refractivity contribution is -0.115. The molecular formula is C19H18FNO2. The van der Waals surface area contributed by atoms with E-state index in [1.165, 1.54) is 18.2 Å². The van der Waals surface area contributed by atoms with Crippen LogP contribution in [-0.4, -0.2) is 18.1 Å². The average molecular weight is 311 g/mol. The topological polar surface area (TPSA) is 29.5 Å². The molecule has 0 saturated heterocycles. The van der Waals surface area contributed by atoms with Gasteiger partial charge in [0.25, 0.3) is 5.91 Å². The number of para-hydroxylation sites is 2. The summed E-state index contributed by atoms with van der Waals surface area (Å²) in [6.07, 6.45) is 3.19. The molecule has 1 heterocycles. The molecule has 0 bridgehead atoms. The first-order valence-corrected chi connectivity index (χ1v) is 7.48. The smallest absolute Gasteiger partial charge is 0.251 e. The van der Waals surface area contributed by atoms with Crippen LogP contribution < -0.4 is 9.64 Å². The third-order valence-corrected chi connectivity index (χ3v) is 3.64. The number of hydrogen-bond acceptors (Lipinski definition) is 2. The molecule has 1 amide bonds. The van der Waals surface area contributed by atoms with Gasteiger partial charge in [0.2, 0.25) is 0 Å². The standard InChI is InChI=1S/C19H18FNO2/c1-19(2)13-21(16-5-3-4-6-17(16)23-19)18(22)12-9-14-7-10-15(20)11-8-14/h3-12H,13H2,1-2H3/b12-9+. The predicted molar refractivity (Wildman–Crippen MR) is 88.9 cm³/mol. The van der Waals surface area contributed by atoms with Gasteiger partial charge >= 0.3 is 0 Å². The number of hydrogen-bond donors (Lipinski definition) is 0. The van der Waals surface area contributed by atoms with Crippen molar-refractivity contribution in [2.75, 3.05) is 11.4 Å². The summed E-state index contributed by atoms with van der Waals surface area (Å²) in [5.74, 6) is 0.280. The fourth-order valence-corrected chi connectivity index (χ4v) is 2.59. The van der Waals surface area contributed by atoms with Gasteiger partial charge in [0.05, 0.1) is 12.2 Å². The summed E-state index contributed by atoms with van der Waals surface area (Å²) >= 11 is 0. The van der Waals surface area contributed by atoms with E-state index in [0.717, 1.165) is 11.3 Å². The first-order valence-electron chi connectivity index (χ1n) is 7.48. The quantitative estimate of drug-likeness (QED) is 0.783. The molecular weight excluding hydrogens is 293 g/mol. The molecule has 4 heteroatoms. The van der Waals surface area contributed by atoms with Crippen molar-refractivity contribution >= 4 is 17.7 Å². The summed E-state index contributed by atoms with van der Waals surface area (Å²) in [7, 11) is 0. The lowest BCUT2D eigenvalue weighted by Crippen LogP contribution is -2.48. The van der Waals surface area contributed by atoms with Crippen LogP contribution >= 0.6 is 0 Å². The summed E-state index contributed by atoms with van der Waals surface area (Å²) in [6.45, 7) is 4.37. The summed E-state index contributed by atoms with van der Waals surface area (Å²) in [6, 6.07) is 13.5. The molecule has 23 heavy (non-hydrogen) atoms. The van der Waals surface area contributed by atoms with Crippen molar-refractivity contribution < 1.29 is 13.9 Å². The molecule has 0 spiro atoms. The van der Waals surface area contributed by atoms with E-state index in [2.05, 4.69) is 0 Å². The van der Waals surface area contributed by atoms with Crippen molar-refractivity contribution in [2.45, 2.75) is 19.4 Å². The molecule has 3 rings (SSSR count). The van der Waals surface area contributed by atoms with Crippen LogP contribution in [0.2, 0.25) is 0 Å². The molecule has 0 saturated carbocycles. The maximum absolute atomic E-state index is 12.9. The van der Waals surface area contributed by atoms with E-state index in [-0.39, 0.29) is 11.7 Å². The number of anilines is 1. The van der Waals surface area contributed by atoms with Gasteiger partial charge < -0.3 is 9.64 Å². The fraction of sp³-hybridized carbons (Fsp3) is 0.211. The highest BCUT2D eigenvalue weighted by Gasteiger charge is 2.33. The van der Waals surface area contributed by atoms with Crippen LogP contribution in [-0.2, 0) is 4.79 Å². The molecule has 0 fully saturated rings. The number of halogens is 1. The molecule has 0 N–H and O–H groups in total. The highest BCUT2D eigenvalue weighted by atomic mass is 19.1. The first kappa shape index (κ1) is 15.3. The van der Waals surface area contributed by atoms with Gasteiger partial charge in [-0.15, -0.1) is 0 Å². The lowest BCUT2D eigenvalue weighted by Gasteiger charge is -2.39. The summed E-state index contributed by atoms with van der Waals surface area (Å²) in [5, 5.41) is 0. The Balaban J connectivity index is 1.85. The lowest BCUT2D eigenvalue weighted by atomic mass is 10.0. The van der Waals surface area contributed by atoms with E-state index in [1.54, 1.807) is 23.1 Å². The molecule has 0 unspecified atom stereocenters. The van der Waals surface area contributed by atoms with Gasteiger partial charge in [0, 0.05) is 6.08 Å². The SMILES string of the molecule is CC1(C)CN(C(=O)/C=C/c2ccc(F)cc2)c2ccccc2O1. The molecule has 0 aliphatic carbocycles. The second-order valence-electron chi connectivity index (χ2n) is 6.14. The van der Waals surface area contributed by atoms with E-state index in [9.17, 15) is 9.18 Å². The van der Waals surface area contributed by atoms with Gasteiger partial charge in [-0.3, -0.25) is 4.79 Å². The Kier molecular flexibility index (Phi) is 3.90. The number of fused-ring (bicyclic) bond motifs is 1. The largest absolute Gasteiger partial charge is 0.484 e. The maximum Gasteiger partial charge on any atom is 0.251 e. The Morgan fingerprint density at radius 2 is 1.87 bits per heavy atom. The highest BCUT2D eigenvalue weighted by Crippen LogP contribution is 2.36. The maximum atomic E-state index is 12.9. The number of rotatable bonds is 2. The average Bonchev–Trinajstić information content (AvgIpc) is 2.52. The third-order valence-electron chi connectivity index (χ3n) is 3.64. The molecule has 2 aromatic carbocycles. The van der Waals surface area contributed by atoms with Gasteiger partial charge in [0.15, 0.2) is 0 Å². The van der Waals surface area contributed by atoms with Crippen LogP contribution in [0.4, 0.5) is 10.1 Å². The Morgan fingerprint density at radius 3 is 2.61 bits per heavy atom. The second kappa shape index (κ2) is 5.88. The molecule has 1 aliphatic heterocycles. The highest BCUT2D eigenvalue weighted by molar-refractivity contribution is 6.05. The summed E-state index contributed by atoms with van der Waals surface area (Å²) in [5.41, 5.74) is 1.09. The minimum absolute atomic E-state index is 0.127. The van der Waals surface area contributed by atoms with Crippen molar-refractivity contribution in [3.05, 3.63) is 66.0 Å². The summed E-state index contributed by atoms with van der Waals surface area (Å²) < 4.78 is 18.8. The third kappa shape index (κ3) is 3.42. The van der Waals surface area contributed by atoms with Gasteiger partial charge in [-0.2, -0.15) is 0 Å². The van der Waals surface area contributed by atoms with E-state index in [4.69, 9.17) is 4.74 Å². The van der Waals surface area contributed by atoms with Crippen molar-refractivity contribution in [3.8, 4) is 5.75 Å². The van der Waals surface area contributed by atoms with Crippen molar-refractivity contribution in [1.29, 1.82) is 0 Å². The van der Waals surface area contributed by atoms with Crippen molar-refractivity contribution in [2.24, 2.45) is 0 Å². The zero-order valence-corrected chi connectivity index (χ0v) is 13.1. The van der Waals surface area contributed by atoms with Gasteiger partial charge in [0.1, 0.15) is 17.2 Å². The van der Waals surface area contributed by atoms with Gasteiger partial charge in [-0.05, 0) is 49.8 Å². The molecule has 0 radical (unpaired) electrons. The molecule has 1 aliphatic rings. The molecule has 0 atom stereocenters. The van der Waals surface area contributed by atoms with E-state index in [0.29, 0.717) is 12.3 Å². The number of ether oxygens (including phenoxy) is 1. The predicted octanol–water partition coefficient (Wildman–Crippen LogP) is 4.04. The zero-order chi connectivity index (χ0) is 16.4. The molecule has 3 nitrogen and oxygen atoms in total. The van der Waals surface area contributed by atoms with Gasteiger partial charge in [-0.25, -0.2) is 4.39 Å². The van der Waals surface area contributed by atoms with E-state index < -0.39 is 5.60 Å². The minimum Gasteiger partial charge on any atom is -0.484 e.